The first-order valence-electron chi connectivity index (χ1n) is 7.70. The SMILES string of the molecule is NC(=NO)c1ccc(C#CCCNC(=O)OCc2ccccc2)cc1. The summed E-state index contributed by atoms with van der Waals surface area (Å²) in [5.74, 6) is 5.99. The number of rotatable bonds is 5. The zero-order chi connectivity index (χ0) is 17.9. The van der Waals surface area contributed by atoms with Crippen molar-refractivity contribution < 1.29 is 14.7 Å². The lowest BCUT2D eigenvalue weighted by Gasteiger charge is -2.05. The third-order valence-electron chi connectivity index (χ3n) is 3.25. The molecule has 128 valence electrons. The first-order chi connectivity index (χ1) is 12.2. The molecule has 0 saturated heterocycles. The minimum atomic E-state index is -0.464. The number of nitrogens with two attached hydrogens (primary N) is 1. The van der Waals surface area contributed by atoms with Crippen LogP contribution in [0.2, 0.25) is 0 Å². The van der Waals surface area contributed by atoms with Gasteiger partial charge in [-0.15, -0.1) is 0 Å². The molecule has 0 saturated carbocycles. The largest absolute Gasteiger partial charge is 0.445 e. The van der Waals surface area contributed by atoms with Crippen LogP contribution in [0, 0.1) is 11.8 Å². The van der Waals surface area contributed by atoms with E-state index in [9.17, 15) is 4.79 Å². The Morgan fingerprint density at radius 1 is 1.16 bits per heavy atom. The average Bonchev–Trinajstić information content (AvgIpc) is 2.67. The Balaban J connectivity index is 1.69. The van der Waals surface area contributed by atoms with Gasteiger partial charge in [-0.25, -0.2) is 4.79 Å². The van der Waals surface area contributed by atoms with Crippen molar-refractivity contribution in [3.63, 3.8) is 0 Å². The number of hydrogen-bond acceptors (Lipinski definition) is 4. The van der Waals surface area contributed by atoms with Crippen LogP contribution in [0.3, 0.4) is 0 Å². The monoisotopic (exact) mass is 337 g/mol. The normalized spacial score (nSPS) is 10.5. The molecule has 0 radical (unpaired) electrons. The highest BCUT2D eigenvalue weighted by molar-refractivity contribution is 5.97. The molecule has 1 amide bonds. The van der Waals surface area contributed by atoms with Gasteiger partial charge in [-0.3, -0.25) is 0 Å². The van der Waals surface area contributed by atoms with Gasteiger partial charge in [0.25, 0.3) is 0 Å². The predicted octanol–water partition coefficient (Wildman–Crippen LogP) is 2.45. The summed E-state index contributed by atoms with van der Waals surface area (Å²) < 4.78 is 5.10. The van der Waals surface area contributed by atoms with E-state index in [2.05, 4.69) is 22.3 Å². The number of carbonyl (C=O) groups excluding carboxylic acids is 1. The summed E-state index contributed by atoms with van der Waals surface area (Å²) in [6.45, 7) is 0.647. The molecule has 4 N–H and O–H groups in total. The van der Waals surface area contributed by atoms with Gasteiger partial charge in [0.15, 0.2) is 5.84 Å². The predicted molar refractivity (Wildman–Crippen MR) is 95.1 cm³/mol. The second-order valence-electron chi connectivity index (χ2n) is 5.10. The highest BCUT2D eigenvalue weighted by Crippen LogP contribution is 2.03. The van der Waals surface area contributed by atoms with Crippen LogP contribution in [-0.2, 0) is 11.3 Å². The van der Waals surface area contributed by atoms with Crippen LogP contribution in [0.1, 0.15) is 23.1 Å². The fraction of sp³-hybridized carbons (Fsp3) is 0.158. The quantitative estimate of drug-likeness (QED) is 0.195. The molecular formula is C19H19N3O3. The molecule has 0 aliphatic heterocycles. The van der Waals surface area contributed by atoms with Crippen LogP contribution in [0.15, 0.2) is 59.8 Å². The van der Waals surface area contributed by atoms with Crippen molar-refractivity contribution in [3.05, 3.63) is 71.3 Å². The van der Waals surface area contributed by atoms with E-state index in [-0.39, 0.29) is 12.4 Å². The summed E-state index contributed by atoms with van der Waals surface area (Å²) in [7, 11) is 0. The summed E-state index contributed by atoms with van der Waals surface area (Å²) in [5, 5.41) is 14.2. The van der Waals surface area contributed by atoms with Gasteiger partial charge in [0.05, 0.1) is 0 Å². The van der Waals surface area contributed by atoms with E-state index in [0.29, 0.717) is 18.5 Å². The van der Waals surface area contributed by atoms with E-state index in [1.807, 2.05) is 30.3 Å². The van der Waals surface area contributed by atoms with E-state index in [1.54, 1.807) is 24.3 Å². The maximum absolute atomic E-state index is 11.6. The molecule has 0 bridgehead atoms. The molecule has 2 rings (SSSR count). The molecule has 0 spiro atoms. The Labute approximate surface area is 146 Å². The Bertz CT molecular complexity index is 775. The summed E-state index contributed by atoms with van der Waals surface area (Å²) in [4.78, 5) is 11.6. The number of carbonyl (C=O) groups is 1. The van der Waals surface area contributed by atoms with Crippen molar-refractivity contribution in [3.8, 4) is 11.8 Å². The van der Waals surface area contributed by atoms with Crippen LogP contribution in [0.25, 0.3) is 0 Å². The number of benzene rings is 2. The van der Waals surface area contributed by atoms with Gasteiger partial charge in [-0.05, 0) is 29.8 Å². The zero-order valence-electron chi connectivity index (χ0n) is 13.6. The minimum absolute atomic E-state index is 0.0534. The molecule has 6 heteroatoms. The molecule has 2 aromatic rings. The Hall–Kier alpha value is -3.46. The van der Waals surface area contributed by atoms with Crippen LogP contribution >= 0.6 is 0 Å². The van der Waals surface area contributed by atoms with Crippen molar-refractivity contribution in [2.45, 2.75) is 13.0 Å². The van der Waals surface area contributed by atoms with Gasteiger partial charge in [0.1, 0.15) is 6.61 Å². The number of nitrogens with one attached hydrogen (secondary N) is 1. The van der Waals surface area contributed by atoms with E-state index < -0.39 is 6.09 Å². The highest BCUT2D eigenvalue weighted by Gasteiger charge is 2.01. The van der Waals surface area contributed by atoms with Crippen molar-refractivity contribution in [1.82, 2.24) is 5.32 Å². The van der Waals surface area contributed by atoms with E-state index in [1.165, 1.54) is 0 Å². The van der Waals surface area contributed by atoms with Crippen LogP contribution in [0.4, 0.5) is 4.79 Å². The number of oxime groups is 1. The van der Waals surface area contributed by atoms with Gasteiger partial charge in [0.2, 0.25) is 0 Å². The smallest absolute Gasteiger partial charge is 0.407 e. The fourth-order valence-electron chi connectivity index (χ4n) is 1.95. The average molecular weight is 337 g/mol. The molecule has 25 heavy (non-hydrogen) atoms. The van der Waals surface area contributed by atoms with Gasteiger partial charge < -0.3 is 21.0 Å². The molecule has 2 aromatic carbocycles. The third kappa shape index (κ3) is 6.28. The molecular weight excluding hydrogens is 318 g/mol. The number of nitrogens with zero attached hydrogens (tertiary/aromatic N) is 1. The molecule has 0 aromatic heterocycles. The van der Waals surface area contributed by atoms with Crippen LogP contribution < -0.4 is 11.1 Å². The standard InChI is InChI=1S/C19H19N3O3/c20-18(22-24)17-11-9-15(10-12-17)6-4-5-13-21-19(23)25-14-16-7-2-1-3-8-16/h1-3,7-12,24H,5,13-14H2,(H2,20,22)(H,21,23). The molecule has 0 fully saturated rings. The van der Waals surface area contributed by atoms with Crippen LogP contribution in [0.5, 0.6) is 0 Å². The van der Waals surface area contributed by atoms with Crippen molar-refractivity contribution in [2.24, 2.45) is 10.9 Å². The minimum Gasteiger partial charge on any atom is -0.445 e. The Morgan fingerprint density at radius 3 is 2.56 bits per heavy atom. The first kappa shape index (κ1) is 17.9. The second-order valence-corrected chi connectivity index (χ2v) is 5.10. The summed E-state index contributed by atoms with van der Waals surface area (Å²) in [6.07, 6.45) is 0.0383. The van der Waals surface area contributed by atoms with Crippen molar-refractivity contribution in [1.29, 1.82) is 0 Å². The number of hydrogen-bond donors (Lipinski definition) is 3. The molecule has 0 atom stereocenters. The molecule has 0 heterocycles. The van der Waals surface area contributed by atoms with E-state index >= 15 is 0 Å². The third-order valence-corrected chi connectivity index (χ3v) is 3.25. The van der Waals surface area contributed by atoms with Crippen molar-refractivity contribution >= 4 is 11.9 Å². The molecule has 0 aliphatic carbocycles. The van der Waals surface area contributed by atoms with Crippen molar-refractivity contribution in [2.75, 3.05) is 6.54 Å². The second kappa shape index (κ2) is 9.63. The summed E-state index contributed by atoms with van der Waals surface area (Å²) >= 11 is 0. The lowest BCUT2D eigenvalue weighted by Crippen LogP contribution is -2.24. The maximum Gasteiger partial charge on any atom is 0.407 e. The number of amides is 1. The van der Waals surface area contributed by atoms with Gasteiger partial charge in [-0.2, -0.15) is 0 Å². The summed E-state index contributed by atoms with van der Waals surface area (Å²) in [6, 6.07) is 16.5. The van der Waals surface area contributed by atoms with Gasteiger partial charge >= 0.3 is 6.09 Å². The highest BCUT2D eigenvalue weighted by atomic mass is 16.5. The maximum atomic E-state index is 11.6. The van der Waals surface area contributed by atoms with Gasteiger partial charge in [-0.1, -0.05) is 47.3 Å². The van der Waals surface area contributed by atoms with Gasteiger partial charge in [0, 0.05) is 24.1 Å². The summed E-state index contributed by atoms with van der Waals surface area (Å²) in [5.41, 5.74) is 7.85. The topological polar surface area (TPSA) is 96.9 Å². The van der Waals surface area contributed by atoms with Crippen LogP contribution in [-0.4, -0.2) is 23.7 Å². The number of alkyl carbamates (subject to hydrolysis) is 1. The first-order valence-corrected chi connectivity index (χ1v) is 7.70. The Kier molecular flexibility index (Phi) is 6.89. The molecule has 0 aliphatic rings. The molecule has 6 nitrogen and oxygen atoms in total. The lowest BCUT2D eigenvalue weighted by atomic mass is 10.1. The van der Waals surface area contributed by atoms with E-state index in [0.717, 1.165) is 11.1 Å². The number of amidine groups is 1. The number of ether oxygens (including phenoxy) is 1. The zero-order valence-corrected chi connectivity index (χ0v) is 13.6. The molecule has 0 unspecified atom stereocenters. The Morgan fingerprint density at radius 2 is 1.88 bits per heavy atom. The lowest BCUT2D eigenvalue weighted by molar-refractivity contribution is 0.140. The van der Waals surface area contributed by atoms with E-state index in [4.69, 9.17) is 15.7 Å². The fourth-order valence-corrected chi connectivity index (χ4v) is 1.95.